The fourth-order valence-electron chi connectivity index (χ4n) is 8.54. The second kappa shape index (κ2) is 39.4. The average molecular weight is 1270 g/mol. The van der Waals surface area contributed by atoms with Gasteiger partial charge >= 0.3 is 34.1 Å². The van der Waals surface area contributed by atoms with Crippen LogP contribution >= 0.6 is 0 Å². The van der Waals surface area contributed by atoms with Crippen molar-refractivity contribution >= 4 is 35.8 Å². The summed E-state index contributed by atoms with van der Waals surface area (Å²) in [6.45, 7) is 0.0219. The molecule has 460 valence electrons. The molecule has 0 aromatic heterocycles. The maximum absolute atomic E-state index is 10.9. The molecule has 26 heteroatoms. The Morgan fingerprint density at radius 3 is 0.500 bits per heavy atom. The molecule has 0 heterocycles. The molecule has 0 unspecified atom stereocenters. The molecule has 0 aliphatic rings. The number of carbonyl (C=O) groups is 6. The molecular formula is C60H66Fe2N6O18. The van der Waals surface area contributed by atoms with E-state index in [-0.39, 0.29) is 88.3 Å². The Bertz CT molecular complexity index is 2580. The average Bonchev–Trinajstić information content (AvgIpc) is 3.37. The molecule has 0 bridgehead atoms. The van der Waals surface area contributed by atoms with Crippen molar-refractivity contribution in [2.45, 2.75) is 39.3 Å². The van der Waals surface area contributed by atoms with E-state index < -0.39 is 75.1 Å². The van der Waals surface area contributed by atoms with Gasteiger partial charge in [0.1, 0.15) is 34.5 Å². The maximum atomic E-state index is 10.9. The van der Waals surface area contributed by atoms with Crippen LogP contribution in [-0.4, -0.2) is 174 Å². The standard InChI is InChI=1S/3C20H24N2O6.2Fe/c3*23-17-7-3-1-5-15(17)11-21(12-16-6-2-4-8-18(16)24)9-10-22(13-19(25)26)14-20(27)28;;/h3*1-8,23-24H,9-14H2,(H,25,26)(H,27,28);;/q;;;2*+3/p-6. The van der Waals surface area contributed by atoms with Crippen molar-refractivity contribution in [2.24, 2.45) is 0 Å². The molecule has 0 atom stereocenters. The van der Waals surface area contributed by atoms with E-state index in [0.29, 0.717) is 92.3 Å². The number of carboxylic acid groups (broad SMARTS) is 6. The van der Waals surface area contributed by atoms with E-state index in [1.54, 1.807) is 146 Å². The molecule has 0 amide bonds. The van der Waals surface area contributed by atoms with Crippen molar-refractivity contribution in [3.63, 3.8) is 0 Å². The van der Waals surface area contributed by atoms with Crippen molar-refractivity contribution in [3.8, 4) is 34.5 Å². The number of phenols is 6. The smallest absolute Gasteiger partial charge is 0.549 e. The van der Waals surface area contributed by atoms with E-state index in [1.807, 2.05) is 14.7 Å². The monoisotopic (exact) mass is 1270 g/mol. The first-order valence-electron chi connectivity index (χ1n) is 26.2. The summed E-state index contributed by atoms with van der Waals surface area (Å²) in [4.78, 5) is 74.4. The van der Waals surface area contributed by atoms with Gasteiger partial charge in [-0.05, 0) is 36.4 Å². The molecule has 2 radical (unpaired) electrons. The van der Waals surface area contributed by atoms with Gasteiger partial charge in [-0.3, -0.25) is 29.4 Å². The van der Waals surface area contributed by atoms with Gasteiger partial charge in [-0.15, -0.1) is 0 Å². The molecule has 0 saturated carbocycles. The minimum Gasteiger partial charge on any atom is -0.549 e. The number of benzene rings is 6. The number of carboxylic acids is 6. The van der Waals surface area contributed by atoms with Gasteiger partial charge < -0.3 is 90.0 Å². The molecule has 6 aromatic carbocycles. The quantitative estimate of drug-likeness (QED) is 0.0220. The van der Waals surface area contributed by atoms with Gasteiger partial charge in [0.25, 0.3) is 0 Å². The molecule has 0 aliphatic carbocycles. The zero-order valence-electron chi connectivity index (χ0n) is 46.6. The van der Waals surface area contributed by atoms with Crippen LogP contribution in [0.25, 0.3) is 0 Å². The molecule has 24 nitrogen and oxygen atoms in total. The Kier molecular flexibility index (Phi) is 33.8. The summed E-state index contributed by atoms with van der Waals surface area (Å²) < 4.78 is 0. The van der Waals surface area contributed by atoms with Crippen LogP contribution in [-0.2, 0) is 102 Å². The Morgan fingerprint density at radius 1 is 0.244 bits per heavy atom. The first-order chi connectivity index (χ1) is 40.0. The minimum absolute atomic E-state index is 0. The molecule has 0 saturated heterocycles. The Balaban J connectivity index is 0.000000435. The summed E-state index contributed by atoms with van der Waals surface area (Å²) in [6.07, 6.45) is 0. The summed E-state index contributed by atoms with van der Waals surface area (Å²) in [5.41, 5.74) is 3.94. The van der Waals surface area contributed by atoms with E-state index in [0.717, 1.165) is 0 Å². The Hall–Kier alpha value is -8.26. The van der Waals surface area contributed by atoms with Gasteiger partial charge in [-0.2, -0.15) is 0 Å². The normalized spacial score (nSPS) is 10.8. The van der Waals surface area contributed by atoms with Gasteiger partial charge in [-0.25, -0.2) is 0 Å². The van der Waals surface area contributed by atoms with Crippen LogP contribution in [0.3, 0.4) is 0 Å². The number of nitrogens with zero attached hydrogens (tertiary/aromatic N) is 6. The Morgan fingerprint density at radius 2 is 0.372 bits per heavy atom. The van der Waals surface area contributed by atoms with E-state index in [9.17, 15) is 90.0 Å². The third kappa shape index (κ3) is 29.0. The third-order valence-corrected chi connectivity index (χ3v) is 12.6. The minimum atomic E-state index is -1.38. The van der Waals surface area contributed by atoms with Gasteiger partial charge in [0.2, 0.25) is 0 Å². The van der Waals surface area contributed by atoms with E-state index in [2.05, 4.69) is 0 Å². The molecule has 0 aliphatic heterocycles. The fraction of sp³-hybridized carbons (Fsp3) is 0.300. The number of carbonyl (C=O) groups excluding carboxylic acids is 6. The second-order valence-electron chi connectivity index (χ2n) is 19.3. The molecule has 0 fully saturated rings. The fourth-order valence-corrected chi connectivity index (χ4v) is 8.54. The summed E-state index contributed by atoms with van der Waals surface area (Å²) in [5, 5.41) is 125. The summed E-state index contributed by atoms with van der Waals surface area (Å²) >= 11 is 0. The van der Waals surface area contributed by atoms with Crippen molar-refractivity contribution in [1.29, 1.82) is 0 Å². The molecule has 86 heavy (non-hydrogen) atoms. The maximum Gasteiger partial charge on any atom is 3.00 e. The largest absolute Gasteiger partial charge is 3.00 e. The summed E-state index contributed by atoms with van der Waals surface area (Å²) in [7, 11) is 0. The predicted octanol–water partition coefficient (Wildman–Crippen LogP) is -3.30. The van der Waals surface area contributed by atoms with Crippen molar-refractivity contribution in [3.05, 3.63) is 179 Å². The number of hydrogen-bond donors (Lipinski definition) is 6. The molecule has 0 spiro atoms. The van der Waals surface area contributed by atoms with Crippen molar-refractivity contribution in [1.82, 2.24) is 29.4 Å². The van der Waals surface area contributed by atoms with Crippen LogP contribution in [0.2, 0.25) is 0 Å². The van der Waals surface area contributed by atoms with Gasteiger partial charge in [0.05, 0.1) is 35.8 Å². The van der Waals surface area contributed by atoms with Crippen molar-refractivity contribution < 1.29 is 124 Å². The zero-order chi connectivity index (χ0) is 61.6. The SMILES string of the molecule is O=C([O-])CN(CCN(Cc1ccccc1O)Cc1ccccc1O)CC(=O)[O-].O=C([O-])CN(CCN(Cc1ccccc1O)Cc1ccccc1O)CC(=O)[O-].O=C([O-])CN(CCN(Cc1ccccc1O)Cc1ccccc1O)CC(=O)[O-].[Fe+3].[Fe+3]. The van der Waals surface area contributed by atoms with Crippen molar-refractivity contribution in [2.75, 3.05) is 78.5 Å². The van der Waals surface area contributed by atoms with Crippen LogP contribution < -0.4 is 30.6 Å². The zero-order valence-corrected chi connectivity index (χ0v) is 48.8. The summed E-state index contributed by atoms with van der Waals surface area (Å²) in [5.74, 6) is -7.58. The van der Waals surface area contributed by atoms with E-state index in [1.165, 1.54) is 14.7 Å². The van der Waals surface area contributed by atoms with Crippen LogP contribution in [0.4, 0.5) is 0 Å². The Labute approximate surface area is 518 Å². The van der Waals surface area contributed by atoms with Crippen LogP contribution in [0.15, 0.2) is 146 Å². The van der Waals surface area contributed by atoms with Crippen LogP contribution in [0.5, 0.6) is 34.5 Å². The first kappa shape index (κ1) is 73.8. The second-order valence-corrected chi connectivity index (χ2v) is 19.3. The molecule has 6 N–H and O–H groups in total. The molecular weight excluding hydrogens is 1200 g/mol. The van der Waals surface area contributed by atoms with E-state index >= 15 is 0 Å². The summed E-state index contributed by atoms with van der Waals surface area (Å²) in [6, 6.07) is 40.8. The number of hydrogen-bond acceptors (Lipinski definition) is 24. The number of phenolic OH excluding ortho intramolecular Hbond substituents is 6. The molecule has 6 rings (SSSR count). The van der Waals surface area contributed by atoms with Gasteiger partial charge in [0, 0.05) is 151 Å². The first-order valence-corrected chi connectivity index (χ1v) is 26.2. The van der Waals surface area contributed by atoms with Gasteiger partial charge in [0.15, 0.2) is 0 Å². The van der Waals surface area contributed by atoms with Crippen LogP contribution in [0, 0.1) is 0 Å². The number of aromatic hydroxyl groups is 6. The number of aliphatic carboxylic acids is 6. The number of para-hydroxylation sites is 6. The molecule has 6 aromatic rings. The van der Waals surface area contributed by atoms with Gasteiger partial charge in [-0.1, -0.05) is 109 Å². The number of rotatable bonds is 33. The third-order valence-electron chi connectivity index (χ3n) is 12.6. The van der Waals surface area contributed by atoms with Crippen LogP contribution in [0.1, 0.15) is 33.4 Å². The predicted molar refractivity (Wildman–Crippen MR) is 290 cm³/mol. The topological polar surface area (TPSA) is 382 Å². The van der Waals surface area contributed by atoms with E-state index in [4.69, 9.17) is 0 Å².